The van der Waals surface area contributed by atoms with E-state index in [2.05, 4.69) is 10.2 Å². The van der Waals surface area contributed by atoms with E-state index < -0.39 is 10.8 Å². The van der Waals surface area contributed by atoms with Crippen LogP contribution in [0, 0.1) is 6.92 Å². The molecule has 0 spiro atoms. The highest BCUT2D eigenvalue weighted by Crippen LogP contribution is 2.22. The smallest absolute Gasteiger partial charge is 0.229 e. The molecule has 1 aromatic carbocycles. The van der Waals surface area contributed by atoms with Crippen LogP contribution in [0.25, 0.3) is 0 Å². The second-order valence-corrected chi connectivity index (χ2v) is 5.94. The summed E-state index contributed by atoms with van der Waals surface area (Å²) in [4.78, 5) is 0. The molecule has 0 aliphatic heterocycles. The number of benzene rings is 1. The average Bonchev–Trinajstić information content (AvgIpc) is 2.86. The summed E-state index contributed by atoms with van der Waals surface area (Å²) in [6, 6.07) is 5.85. The summed E-state index contributed by atoms with van der Waals surface area (Å²) in [5.41, 5.74) is 2.05. The summed E-state index contributed by atoms with van der Waals surface area (Å²) in [5, 5.41) is 7.75. The highest BCUT2D eigenvalue weighted by Gasteiger charge is 2.12. The molecule has 0 bridgehead atoms. The Hall–Kier alpha value is -1.69. The highest BCUT2D eigenvalue weighted by atomic mass is 32.2. The van der Waals surface area contributed by atoms with E-state index >= 15 is 0 Å². The first-order valence-corrected chi connectivity index (χ1v) is 7.91. The fourth-order valence-electron chi connectivity index (χ4n) is 1.87. The van der Waals surface area contributed by atoms with Crippen molar-refractivity contribution in [2.24, 2.45) is 0 Å². The lowest BCUT2D eigenvalue weighted by Crippen LogP contribution is -2.02. The Kier molecular flexibility index (Phi) is 4.89. The van der Waals surface area contributed by atoms with Crippen LogP contribution in [0.3, 0.4) is 0 Å². The minimum Gasteiger partial charge on any atom is -0.496 e. The maximum Gasteiger partial charge on any atom is 0.229 e. The summed E-state index contributed by atoms with van der Waals surface area (Å²) in [6.07, 6.45) is 0.686. The number of aromatic nitrogens is 2. The van der Waals surface area contributed by atoms with Gasteiger partial charge in [0.15, 0.2) is 0 Å². The van der Waals surface area contributed by atoms with Crippen molar-refractivity contribution >= 4 is 10.8 Å². The number of nitrogens with zero attached hydrogens (tertiary/aromatic N) is 2. The minimum absolute atomic E-state index is 0.268. The lowest BCUT2D eigenvalue weighted by molar-refractivity contribution is 0.411. The van der Waals surface area contributed by atoms with Gasteiger partial charge in [0.2, 0.25) is 11.8 Å². The molecule has 108 valence electrons. The van der Waals surface area contributed by atoms with E-state index in [9.17, 15) is 4.21 Å². The zero-order valence-electron chi connectivity index (χ0n) is 11.9. The maximum absolute atomic E-state index is 12.2. The van der Waals surface area contributed by atoms with E-state index in [0.717, 1.165) is 16.9 Å². The van der Waals surface area contributed by atoms with E-state index in [0.29, 0.717) is 24.0 Å². The van der Waals surface area contributed by atoms with Gasteiger partial charge < -0.3 is 9.15 Å². The Morgan fingerprint density at radius 2 is 2.00 bits per heavy atom. The molecule has 1 heterocycles. The van der Waals surface area contributed by atoms with Gasteiger partial charge >= 0.3 is 0 Å². The van der Waals surface area contributed by atoms with Gasteiger partial charge in [-0.2, -0.15) is 0 Å². The zero-order chi connectivity index (χ0) is 14.5. The molecule has 0 fully saturated rings. The molecule has 2 aromatic rings. The van der Waals surface area contributed by atoms with Gasteiger partial charge in [-0.3, -0.25) is 4.21 Å². The molecule has 1 aromatic heterocycles. The predicted molar refractivity (Wildman–Crippen MR) is 77.0 cm³/mol. The van der Waals surface area contributed by atoms with Crippen molar-refractivity contribution in [2.75, 3.05) is 7.11 Å². The van der Waals surface area contributed by atoms with Crippen LogP contribution in [0.4, 0.5) is 0 Å². The Morgan fingerprint density at radius 3 is 2.65 bits per heavy atom. The largest absolute Gasteiger partial charge is 0.496 e. The van der Waals surface area contributed by atoms with Crippen molar-refractivity contribution < 1.29 is 13.4 Å². The van der Waals surface area contributed by atoms with Crippen LogP contribution in [0.15, 0.2) is 22.6 Å². The number of rotatable bonds is 6. The van der Waals surface area contributed by atoms with Gasteiger partial charge in [-0.25, -0.2) is 0 Å². The van der Waals surface area contributed by atoms with Crippen LogP contribution in [0.2, 0.25) is 0 Å². The molecule has 0 amide bonds. The van der Waals surface area contributed by atoms with Crippen LogP contribution in [0.5, 0.6) is 5.75 Å². The molecule has 2 rings (SSSR count). The second-order valence-electron chi connectivity index (χ2n) is 4.49. The first-order chi connectivity index (χ1) is 9.62. The summed E-state index contributed by atoms with van der Waals surface area (Å²) in [5.74, 6) is 2.43. The van der Waals surface area contributed by atoms with Crippen LogP contribution in [-0.2, 0) is 28.7 Å². The quantitative estimate of drug-likeness (QED) is 0.818. The van der Waals surface area contributed by atoms with Gasteiger partial charge in [0.25, 0.3) is 0 Å². The molecule has 0 radical (unpaired) electrons. The Labute approximate surface area is 120 Å². The number of methoxy groups -OCH3 is 1. The number of aryl methyl sites for hydroxylation is 2. The summed E-state index contributed by atoms with van der Waals surface area (Å²) >= 11 is 0. The standard InChI is InChI=1S/C14H18N2O3S/c1-4-13-15-16-14(19-13)9-20(17)8-11-7-10(2)5-6-12(11)18-3/h5-7H,4,8-9H2,1-3H3/t20-/m1/s1. The van der Waals surface area contributed by atoms with E-state index in [1.165, 1.54) is 0 Å². The van der Waals surface area contributed by atoms with E-state index in [4.69, 9.17) is 9.15 Å². The van der Waals surface area contributed by atoms with Crippen molar-refractivity contribution in [3.8, 4) is 5.75 Å². The molecule has 0 saturated heterocycles. The predicted octanol–water partition coefficient (Wildman–Crippen LogP) is 2.40. The van der Waals surface area contributed by atoms with Crippen molar-refractivity contribution in [2.45, 2.75) is 31.8 Å². The molecule has 6 heteroatoms. The number of hydrogen-bond acceptors (Lipinski definition) is 5. The van der Waals surface area contributed by atoms with E-state index in [1.54, 1.807) is 7.11 Å². The molecular formula is C14H18N2O3S. The van der Waals surface area contributed by atoms with Crippen molar-refractivity contribution in [3.63, 3.8) is 0 Å². The lowest BCUT2D eigenvalue weighted by atomic mass is 10.1. The Morgan fingerprint density at radius 1 is 1.25 bits per heavy atom. The third-order valence-electron chi connectivity index (χ3n) is 2.85. The molecule has 5 nitrogen and oxygen atoms in total. The topological polar surface area (TPSA) is 65.2 Å². The van der Waals surface area contributed by atoms with Crippen LogP contribution >= 0.6 is 0 Å². The van der Waals surface area contributed by atoms with Gasteiger partial charge in [-0.15, -0.1) is 10.2 Å². The average molecular weight is 294 g/mol. The molecule has 20 heavy (non-hydrogen) atoms. The third kappa shape index (κ3) is 3.66. The second kappa shape index (κ2) is 6.65. The van der Waals surface area contributed by atoms with E-state index in [-0.39, 0.29) is 5.75 Å². The zero-order valence-corrected chi connectivity index (χ0v) is 12.7. The monoisotopic (exact) mass is 294 g/mol. The third-order valence-corrected chi connectivity index (χ3v) is 4.05. The van der Waals surface area contributed by atoms with Crippen LogP contribution in [-0.4, -0.2) is 21.5 Å². The highest BCUT2D eigenvalue weighted by molar-refractivity contribution is 7.83. The summed E-state index contributed by atoms with van der Waals surface area (Å²) in [6.45, 7) is 3.93. The summed E-state index contributed by atoms with van der Waals surface area (Å²) in [7, 11) is 0.507. The van der Waals surface area contributed by atoms with Crippen molar-refractivity contribution in [1.82, 2.24) is 10.2 Å². The van der Waals surface area contributed by atoms with Crippen molar-refractivity contribution in [3.05, 3.63) is 41.1 Å². The van der Waals surface area contributed by atoms with Gasteiger partial charge in [-0.05, 0) is 13.0 Å². The van der Waals surface area contributed by atoms with E-state index in [1.807, 2.05) is 32.0 Å². The molecule has 0 aliphatic rings. The minimum atomic E-state index is -1.11. The molecule has 0 unspecified atom stereocenters. The normalized spacial score (nSPS) is 12.3. The number of hydrogen-bond donors (Lipinski definition) is 0. The van der Waals surface area contributed by atoms with Crippen LogP contribution in [0.1, 0.15) is 29.8 Å². The molecule has 0 aliphatic carbocycles. The maximum atomic E-state index is 12.2. The summed E-state index contributed by atoms with van der Waals surface area (Å²) < 4.78 is 22.8. The SMILES string of the molecule is CCc1nnc(C[S@](=O)Cc2cc(C)ccc2OC)o1. The molecule has 1 atom stereocenters. The Balaban J connectivity index is 2.06. The number of ether oxygens (including phenoxy) is 1. The lowest BCUT2D eigenvalue weighted by Gasteiger charge is -2.08. The van der Waals surface area contributed by atoms with Gasteiger partial charge in [0.05, 0.1) is 12.9 Å². The van der Waals surface area contributed by atoms with Crippen molar-refractivity contribution in [1.29, 1.82) is 0 Å². The fourth-order valence-corrected chi connectivity index (χ4v) is 2.94. The molecule has 0 saturated carbocycles. The first-order valence-electron chi connectivity index (χ1n) is 6.42. The van der Waals surface area contributed by atoms with Gasteiger partial charge in [0.1, 0.15) is 11.5 Å². The van der Waals surface area contributed by atoms with Crippen LogP contribution < -0.4 is 4.74 Å². The van der Waals surface area contributed by atoms with Gasteiger partial charge in [-0.1, -0.05) is 24.6 Å². The molecular weight excluding hydrogens is 276 g/mol. The fraction of sp³-hybridized carbons (Fsp3) is 0.429. The Bertz CT molecular complexity index is 610. The molecule has 0 N–H and O–H groups in total. The van der Waals surface area contributed by atoms with Gasteiger partial charge in [0, 0.05) is 22.8 Å². The first kappa shape index (κ1) is 14.7.